The predicted molar refractivity (Wildman–Crippen MR) is 58.3 cm³/mol. The van der Waals surface area contributed by atoms with Gasteiger partial charge in [0.15, 0.2) is 0 Å². The summed E-state index contributed by atoms with van der Waals surface area (Å²) in [5.74, 6) is -0.145. The number of carbonyl (C=O) groups excluding carboxylic acids is 1. The third-order valence-electron chi connectivity index (χ3n) is 1.75. The minimum Gasteiger partial charge on any atom is -0.352 e. The maximum absolute atomic E-state index is 11.5. The molecule has 0 fully saturated rings. The van der Waals surface area contributed by atoms with Gasteiger partial charge in [0.25, 0.3) is 0 Å². The molecule has 0 heterocycles. The number of nitrogens with one attached hydrogen (secondary N) is 1. The Labute approximate surface area is 89.3 Å². The molecule has 0 saturated carbocycles. The van der Waals surface area contributed by atoms with Gasteiger partial charge in [0, 0.05) is 6.04 Å². The average Bonchev–Trinajstić information content (AvgIpc) is 2.17. The molecule has 1 rings (SSSR count). The van der Waals surface area contributed by atoms with Crippen molar-refractivity contribution < 1.29 is 4.79 Å². The van der Waals surface area contributed by atoms with Crippen LogP contribution in [0.1, 0.15) is 24.8 Å². The van der Waals surface area contributed by atoms with Crippen LogP contribution in [0.3, 0.4) is 0 Å². The molecule has 1 N–H and O–H groups in total. The molecular formula is C11H14ClNO. The first kappa shape index (κ1) is 11.1. The van der Waals surface area contributed by atoms with Crippen molar-refractivity contribution in [3.8, 4) is 0 Å². The molecule has 0 unspecified atom stereocenters. The first-order valence-electron chi connectivity index (χ1n) is 4.60. The standard InChI is InChI=1S/C11H14ClNO/c1-8(2)13-11(14)10(12)9-6-4-3-5-7-9/h3-8,10H,1-2H3,(H,13,14)/t10-/m1/s1. The van der Waals surface area contributed by atoms with Gasteiger partial charge in [-0.05, 0) is 19.4 Å². The van der Waals surface area contributed by atoms with Crippen LogP contribution >= 0.6 is 11.6 Å². The van der Waals surface area contributed by atoms with Gasteiger partial charge in [-0.2, -0.15) is 0 Å². The van der Waals surface area contributed by atoms with Crippen LogP contribution in [0.4, 0.5) is 0 Å². The van der Waals surface area contributed by atoms with Crippen LogP contribution in [0.5, 0.6) is 0 Å². The van der Waals surface area contributed by atoms with Crippen LogP contribution in [0.2, 0.25) is 0 Å². The molecule has 0 aliphatic rings. The molecule has 0 aromatic heterocycles. The molecule has 0 saturated heterocycles. The Hall–Kier alpha value is -1.02. The fourth-order valence-electron chi connectivity index (χ4n) is 1.13. The molecule has 1 amide bonds. The SMILES string of the molecule is CC(C)NC(=O)[C@H](Cl)c1ccccc1. The van der Waals surface area contributed by atoms with Crippen molar-refractivity contribution in [1.29, 1.82) is 0 Å². The number of benzene rings is 1. The fraction of sp³-hybridized carbons (Fsp3) is 0.364. The highest BCUT2D eigenvalue weighted by Gasteiger charge is 2.17. The molecule has 0 radical (unpaired) electrons. The molecule has 0 aliphatic heterocycles. The highest BCUT2D eigenvalue weighted by molar-refractivity contribution is 6.30. The van der Waals surface area contributed by atoms with Gasteiger partial charge in [0.05, 0.1) is 0 Å². The quantitative estimate of drug-likeness (QED) is 0.765. The van der Waals surface area contributed by atoms with Crippen molar-refractivity contribution in [2.45, 2.75) is 25.3 Å². The van der Waals surface area contributed by atoms with E-state index in [9.17, 15) is 4.79 Å². The van der Waals surface area contributed by atoms with E-state index in [1.807, 2.05) is 44.2 Å². The number of hydrogen-bond donors (Lipinski definition) is 1. The van der Waals surface area contributed by atoms with Gasteiger partial charge < -0.3 is 5.32 Å². The molecule has 0 bridgehead atoms. The van der Waals surface area contributed by atoms with E-state index in [4.69, 9.17) is 11.6 Å². The van der Waals surface area contributed by atoms with Crippen LogP contribution in [0, 0.1) is 0 Å². The highest BCUT2D eigenvalue weighted by Crippen LogP contribution is 2.19. The van der Waals surface area contributed by atoms with E-state index in [0.717, 1.165) is 5.56 Å². The van der Waals surface area contributed by atoms with E-state index in [1.54, 1.807) is 0 Å². The van der Waals surface area contributed by atoms with E-state index in [-0.39, 0.29) is 11.9 Å². The van der Waals surface area contributed by atoms with Gasteiger partial charge in [-0.3, -0.25) is 4.79 Å². The van der Waals surface area contributed by atoms with E-state index in [1.165, 1.54) is 0 Å². The lowest BCUT2D eigenvalue weighted by Gasteiger charge is -2.12. The summed E-state index contributed by atoms with van der Waals surface area (Å²) in [4.78, 5) is 11.5. The maximum Gasteiger partial charge on any atom is 0.242 e. The normalized spacial score (nSPS) is 12.6. The zero-order valence-electron chi connectivity index (χ0n) is 8.33. The highest BCUT2D eigenvalue weighted by atomic mass is 35.5. The van der Waals surface area contributed by atoms with Crippen LogP contribution in [-0.4, -0.2) is 11.9 Å². The third-order valence-corrected chi connectivity index (χ3v) is 2.20. The molecule has 1 aromatic carbocycles. The second-order valence-electron chi connectivity index (χ2n) is 3.44. The monoisotopic (exact) mass is 211 g/mol. The lowest BCUT2D eigenvalue weighted by atomic mass is 10.1. The lowest BCUT2D eigenvalue weighted by molar-refractivity contribution is -0.121. The summed E-state index contributed by atoms with van der Waals surface area (Å²) >= 11 is 5.99. The van der Waals surface area contributed by atoms with Crippen molar-refractivity contribution in [1.82, 2.24) is 5.32 Å². The Kier molecular flexibility index (Phi) is 3.96. The van der Waals surface area contributed by atoms with Gasteiger partial charge in [0.2, 0.25) is 5.91 Å². The Morgan fingerprint density at radius 3 is 2.36 bits per heavy atom. The lowest BCUT2D eigenvalue weighted by Crippen LogP contribution is -2.32. The maximum atomic E-state index is 11.5. The average molecular weight is 212 g/mol. The Morgan fingerprint density at radius 1 is 1.29 bits per heavy atom. The van der Waals surface area contributed by atoms with E-state index in [0.29, 0.717) is 0 Å². The molecule has 1 aromatic rings. The molecule has 14 heavy (non-hydrogen) atoms. The molecule has 2 nitrogen and oxygen atoms in total. The molecule has 1 atom stereocenters. The third kappa shape index (κ3) is 3.04. The summed E-state index contributed by atoms with van der Waals surface area (Å²) in [5.41, 5.74) is 0.826. The molecular weight excluding hydrogens is 198 g/mol. The van der Waals surface area contributed by atoms with E-state index < -0.39 is 5.38 Å². The summed E-state index contributed by atoms with van der Waals surface area (Å²) < 4.78 is 0. The number of hydrogen-bond acceptors (Lipinski definition) is 1. The number of halogens is 1. The van der Waals surface area contributed by atoms with Crippen LogP contribution < -0.4 is 5.32 Å². The number of carbonyl (C=O) groups is 1. The van der Waals surface area contributed by atoms with Crippen molar-refractivity contribution >= 4 is 17.5 Å². The summed E-state index contributed by atoms with van der Waals surface area (Å²) in [5, 5.41) is 2.17. The molecule has 0 aliphatic carbocycles. The van der Waals surface area contributed by atoms with Crippen LogP contribution in [0.15, 0.2) is 30.3 Å². The number of amides is 1. The van der Waals surface area contributed by atoms with Crippen molar-refractivity contribution in [3.63, 3.8) is 0 Å². The van der Waals surface area contributed by atoms with Gasteiger partial charge in [-0.25, -0.2) is 0 Å². The largest absolute Gasteiger partial charge is 0.352 e. The summed E-state index contributed by atoms with van der Waals surface area (Å²) in [6.45, 7) is 3.82. The van der Waals surface area contributed by atoms with Gasteiger partial charge in [0.1, 0.15) is 5.38 Å². The molecule has 76 valence electrons. The first-order valence-corrected chi connectivity index (χ1v) is 5.04. The van der Waals surface area contributed by atoms with Crippen molar-refractivity contribution in [2.75, 3.05) is 0 Å². The number of rotatable bonds is 3. The Balaban J connectivity index is 2.66. The topological polar surface area (TPSA) is 29.1 Å². The van der Waals surface area contributed by atoms with E-state index >= 15 is 0 Å². The van der Waals surface area contributed by atoms with Gasteiger partial charge >= 0.3 is 0 Å². The Bertz CT molecular complexity index is 297. The Morgan fingerprint density at radius 2 is 1.86 bits per heavy atom. The van der Waals surface area contributed by atoms with Crippen molar-refractivity contribution in [3.05, 3.63) is 35.9 Å². The first-order chi connectivity index (χ1) is 6.61. The van der Waals surface area contributed by atoms with Crippen LogP contribution in [-0.2, 0) is 4.79 Å². The summed E-state index contributed by atoms with van der Waals surface area (Å²) in [7, 11) is 0. The second kappa shape index (κ2) is 5.01. The van der Waals surface area contributed by atoms with Gasteiger partial charge in [-0.1, -0.05) is 30.3 Å². The fourth-order valence-corrected chi connectivity index (χ4v) is 1.34. The smallest absolute Gasteiger partial charge is 0.242 e. The minimum atomic E-state index is -0.599. The minimum absolute atomic E-state index is 0.118. The molecule has 3 heteroatoms. The van der Waals surface area contributed by atoms with Crippen LogP contribution in [0.25, 0.3) is 0 Å². The number of alkyl halides is 1. The predicted octanol–water partition coefficient (Wildman–Crippen LogP) is 2.49. The van der Waals surface area contributed by atoms with E-state index in [2.05, 4.69) is 5.32 Å². The summed E-state index contributed by atoms with van der Waals surface area (Å²) in [6.07, 6.45) is 0. The molecule has 0 spiro atoms. The summed E-state index contributed by atoms with van der Waals surface area (Å²) in [6, 6.07) is 9.44. The zero-order valence-corrected chi connectivity index (χ0v) is 9.08. The van der Waals surface area contributed by atoms with Crippen molar-refractivity contribution in [2.24, 2.45) is 0 Å². The van der Waals surface area contributed by atoms with Gasteiger partial charge in [-0.15, -0.1) is 11.6 Å². The zero-order chi connectivity index (χ0) is 10.6. The second-order valence-corrected chi connectivity index (χ2v) is 3.87.